The Labute approximate surface area is 118 Å². The highest BCUT2D eigenvalue weighted by Gasteiger charge is 2.07. The minimum absolute atomic E-state index is 0.723. The summed E-state index contributed by atoms with van der Waals surface area (Å²) in [5, 5.41) is 8.34. The average Bonchev–Trinajstić information content (AvgIpc) is 2.90. The molecule has 1 aromatic carbocycles. The van der Waals surface area contributed by atoms with Crippen molar-refractivity contribution in [2.45, 2.75) is 20.3 Å². The van der Waals surface area contributed by atoms with Crippen LogP contribution in [-0.4, -0.2) is 21.2 Å². The van der Waals surface area contributed by atoms with Crippen molar-refractivity contribution < 1.29 is 0 Å². The number of fused-ring (bicyclic) bond motifs is 1. The fourth-order valence-corrected chi connectivity index (χ4v) is 1.91. The molecule has 1 heterocycles. The third-order valence-electron chi connectivity index (χ3n) is 2.80. The van der Waals surface area contributed by atoms with E-state index in [1.807, 2.05) is 43.3 Å². The van der Waals surface area contributed by atoms with Crippen molar-refractivity contribution in [3.05, 3.63) is 54.6 Å². The number of aromatic nitrogens is 3. The highest BCUT2D eigenvalue weighted by atomic mass is 15.5. The first kappa shape index (κ1) is 13.9. The maximum Gasteiger partial charge on any atom is 0.156 e. The van der Waals surface area contributed by atoms with Gasteiger partial charge in [-0.1, -0.05) is 43.0 Å². The fourth-order valence-electron chi connectivity index (χ4n) is 1.91. The van der Waals surface area contributed by atoms with Crippen LogP contribution in [0.4, 0.5) is 0 Å². The summed E-state index contributed by atoms with van der Waals surface area (Å²) in [6.07, 6.45) is 8.55. The highest BCUT2D eigenvalue weighted by molar-refractivity contribution is 5.79. The van der Waals surface area contributed by atoms with Gasteiger partial charge < -0.3 is 0 Å². The molecule has 0 spiro atoms. The van der Waals surface area contributed by atoms with Gasteiger partial charge in [-0.25, -0.2) is 4.99 Å². The lowest BCUT2D eigenvalue weighted by Crippen LogP contribution is -1.98. The second kappa shape index (κ2) is 6.61. The Balaban J connectivity index is 2.56. The molecule has 4 heteroatoms. The quantitative estimate of drug-likeness (QED) is 0.609. The monoisotopic (exact) mass is 266 g/mol. The number of allylic oxidation sites excluding steroid dienone is 4. The largest absolute Gasteiger partial charge is 0.242 e. The molecule has 2 aromatic rings. The number of nitrogens with zero attached hydrogens (tertiary/aromatic N) is 4. The van der Waals surface area contributed by atoms with E-state index in [1.54, 1.807) is 10.9 Å². The van der Waals surface area contributed by atoms with E-state index >= 15 is 0 Å². The van der Waals surface area contributed by atoms with Gasteiger partial charge >= 0.3 is 0 Å². The lowest BCUT2D eigenvalue weighted by atomic mass is 10.2. The molecule has 0 amide bonds. The Morgan fingerprint density at radius 2 is 2.20 bits per heavy atom. The Morgan fingerprint density at radius 1 is 1.40 bits per heavy atom. The van der Waals surface area contributed by atoms with Gasteiger partial charge in [0.1, 0.15) is 5.52 Å². The topological polar surface area (TPSA) is 43.1 Å². The molecule has 2 rings (SSSR count). The first-order chi connectivity index (χ1) is 9.80. The maximum absolute atomic E-state index is 4.39. The first-order valence-corrected chi connectivity index (χ1v) is 6.64. The van der Waals surface area contributed by atoms with Crippen molar-refractivity contribution >= 4 is 23.1 Å². The fraction of sp³-hybridized carbons (Fsp3) is 0.188. The molecule has 20 heavy (non-hydrogen) atoms. The number of hydrogen-bond acceptors (Lipinski definition) is 3. The van der Waals surface area contributed by atoms with Crippen LogP contribution in [-0.2, 0) is 0 Å². The lowest BCUT2D eigenvalue weighted by Gasteiger charge is -2.03. The number of hydrogen-bond donors (Lipinski definition) is 0. The van der Waals surface area contributed by atoms with E-state index in [2.05, 4.69) is 34.9 Å². The molecular weight excluding hydrogens is 248 g/mol. The molecule has 0 N–H and O–H groups in total. The van der Waals surface area contributed by atoms with E-state index in [-0.39, 0.29) is 0 Å². The molecule has 0 atom stereocenters. The van der Waals surface area contributed by atoms with Gasteiger partial charge in [0.05, 0.1) is 5.52 Å². The second-order valence-corrected chi connectivity index (χ2v) is 4.20. The number of aliphatic imine (C=N–C) groups is 1. The molecule has 0 aliphatic heterocycles. The van der Waals surface area contributed by atoms with Crippen LogP contribution in [0.2, 0.25) is 0 Å². The smallest absolute Gasteiger partial charge is 0.156 e. The summed E-state index contributed by atoms with van der Waals surface area (Å²) < 4.78 is 1.74. The summed E-state index contributed by atoms with van der Waals surface area (Å²) >= 11 is 0. The third-order valence-corrected chi connectivity index (χ3v) is 2.80. The van der Waals surface area contributed by atoms with Gasteiger partial charge in [-0.2, -0.15) is 4.68 Å². The maximum atomic E-state index is 4.39. The zero-order chi connectivity index (χ0) is 14.4. The van der Waals surface area contributed by atoms with E-state index in [1.165, 1.54) is 0 Å². The van der Waals surface area contributed by atoms with Crippen molar-refractivity contribution in [1.29, 1.82) is 0 Å². The van der Waals surface area contributed by atoms with Crippen LogP contribution < -0.4 is 0 Å². The Hall–Kier alpha value is -2.49. The summed E-state index contributed by atoms with van der Waals surface area (Å²) in [4.78, 5) is 4.39. The van der Waals surface area contributed by atoms with E-state index in [0.717, 1.165) is 28.8 Å². The standard InChI is InChI=1S/C16H18N4/c1-4-9-13(5-2)12-16(17-6-3)20-15-11-8-7-10-14(15)18-19-20/h5-12H,2,4H2,1,3H3/b13-9+,16-12+,17-6-. The van der Waals surface area contributed by atoms with Gasteiger partial charge in [0.15, 0.2) is 5.82 Å². The lowest BCUT2D eigenvalue weighted by molar-refractivity contribution is 0.830. The molecule has 0 unspecified atom stereocenters. The summed E-state index contributed by atoms with van der Waals surface area (Å²) in [6, 6.07) is 7.82. The van der Waals surface area contributed by atoms with Crippen LogP contribution in [0.15, 0.2) is 59.6 Å². The average molecular weight is 266 g/mol. The predicted octanol–water partition coefficient (Wildman–Crippen LogP) is 3.84. The van der Waals surface area contributed by atoms with Gasteiger partial charge in [-0.15, -0.1) is 5.10 Å². The number of rotatable bonds is 5. The molecule has 0 radical (unpaired) electrons. The van der Waals surface area contributed by atoms with E-state index in [0.29, 0.717) is 0 Å². The van der Waals surface area contributed by atoms with Crippen molar-refractivity contribution in [3.8, 4) is 0 Å². The van der Waals surface area contributed by atoms with Crippen LogP contribution in [0.3, 0.4) is 0 Å². The van der Waals surface area contributed by atoms with Crippen molar-refractivity contribution in [1.82, 2.24) is 15.0 Å². The Bertz CT molecular complexity index is 689. The zero-order valence-corrected chi connectivity index (χ0v) is 11.8. The van der Waals surface area contributed by atoms with E-state index < -0.39 is 0 Å². The van der Waals surface area contributed by atoms with E-state index in [4.69, 9.17) is 0 Å². The molecule has 0 saturated heterocycles. The SMILES string of the molecule is C=CC(=C\CC)/C=C(\N=C/C)n1nnc2ccccc21. The van der Waals surface area contributed by atoms with Crippen molar-refractivity contribution in [2.24, 2.45) is 4.99 Å². The summed E-state index contributed by atoms with van der Waals surface area (Å²) in [7, 11) is 0. The number of para-hydroxylation sites is 1. The normalized spacial score (nSPS) is 13.3. The molecule has 0 bridgehead atoms. The third kappa shape index (κ3) is 2.91. The van der Waals surface area contributed by atoms with Crippen LogP contribution in [0.25, 0.3) is 16.9 Å². The van der Waals surface area contributed by atoms with Crippen molar-refractivity contribution in [3.63, 3.8) is 0 Å². The first-order valence-electron chi connectivity index (χ1n) is 6.64. The summed E-state index contributed by atoms with van der Waals surface area (Å²) in [6.45, 7) is 7.79. The molecule has 0 aliphatic rings. The van der Waals surface area contributed by atoms with Crippen LogP contribution in [0.5, 0.6) is 0 Å². The molecular formula is C16H18N4. The zero-order valence-electron chi connectivity index (χ0n) is 11.8. The summed E-state index contributed by atoms with van der Waals surface area (Å²) in [5.41, 5.74) is 2.81. The number of benzene rings is 1. The van der Waals surface area contributed by atoms with Crippen molar-refractivity contribution in [2.75, 3.05) is 0 Å². The molecule has 0 fully saturated rings. The van der Waals surface area contributed by atoms with Gasteiger partial charge in [0.25, 0.3) is 0 Å². The Kier molecular flexibility index (Phi) is 4.60. The molecule has 102 valence electrons. The minimum Gasteiger partial charge on any atom is -0.242 e. The second-order valence-electron chi connectivity index (χ2n) is 4.20. The molecule has 0 aliphatic carbocycles. The predicted molar refractivity (Wildman–Crippen MR) is 84.5 cm³/mol. The highest BCUT2D eigenvalue weighted by Crippen LogP contribution is 2.17. The van der Waals surface area contributed by atoms with E-state index in [9.17, 15) is 0 Å². The summed E-state index contributed by atoms with van der Waals surface area (Å²) in [5.74, 6) is 0.723. The van der Waals surface area contributed by atoms with Crippen LogP contribution in [0, 0.1) is 0 Å². The minimum atomic E-state index is 0.723. The molecule has 4 nitrogen and oxygen atoms in total. The van der Waals surface area contributed by atoms with Gasteiger partial charge in [-0.05, 0) is 37.1 Å². The van der Waals surface area contributed by atoms with Crippen LogP contribution in [0.1, 0.15) is 20.3 Å². The van der Waals surface area contributed by atoms with Gasteiger partial charge in [0, 0.05) is 6.21 Å². The molecule has 0 saturated carbocycles. The van der Waals surface area contributed by atoms with Crippen LogP contribution >= 0.6 is 0 Å². The van der Waals surface area contributed by atoms with Gasteiger partial charge in [-0.3, -0.25) is 0 Å². The Morgan fingerprint density at radius 3 is 2.90 bits per heavy atom. The van der Waals surface area contributed by atoms with Gasteiger partial charge in [0.2, 0.25) is 0 Å². The molecule has 1 aromatic heterocycles.